The van der Waals surface area contributed by atoms with E-state index >= 15 is 0 Å². The highest BCUT2D eigenvalue weighted by Gasteiger charge is 2.30. The maximum Gasteiger partial charge on any atom is 0.573 e. The molecule has 0 atom stereocenters. The Hall–Kier alpha value is -2.97. The number of aryl methyl sites for hydroxylation is 1. The number of aromatic nitrogens is 1. The predicted molar refractivity (Wildman–Crippen MR) is 79.3 cm³/mol. The second-order valence-corrected chi connectivity index (χ2v) is 4.73. The van der Waals surface area contributed by atoms with Crippen LogP contribution in [0.5, 0.6) is 11.5 Å². The third kappa shape index (κ3) is 4.28. The zero-order valence-electron chi connectivity index (χ0n) is 12.7. The Bertz CT molecular complexity index is 798. The lowest BCUT2D eigenvalue weighted by atomic mass is 10.2. The first-order chi connectivity index (χ1) is 11.2. The summed E-state index contributed by atoms with van der Waals surface area (Å²) in [6.45, 7) is 0. The lowest BCUT2D eigenvalue weighted by Crippen LogP contribution is -2.21. The number of carbonyl (C=O) groups excluding carboxylic acids is 1. The fourth-order valence-corrected chi connectivity index (χ4v) is 1.92. The van der Waals surface area contributed by atoms with Crippen molar-refractivity contribution < 1.29 is 27.4 Å². The number of nitrogens with zero attached hydrogens (tertiary/aromatic N) is 1. The van der Waals surface area contributed by atoms with Gasteiger partial charge in [0.05, 0.1) is 13.3 Å². The molecule has 0 radical (unpaired) electrons. The van der Waals surface area contributed by atoms with Gasteiger partial charge in [0.2, 0.25) is 5.43 Å². The molecular weight excluding hydrogens is 329 g/mol. The first kappa shape index (κ1) is 17.4. The lowest BCUT2D eigenvalue weighted by molar-refractivity contribution is -0.274. The van der Waals surface area contributed by atoms with Crippen LogP contribution in [-0.4, -0.2) is 23.9 Å². The summed E-state index contributed by atoms with van der Waals surface area (Å²) in [6, 6.07) is 5.74. The molecule has 24 heavy (non-hydrogen) atoms. The van der Waals surface area contributed by atoms with Crippen LogP contribution >= 0.6 is 0 Å². The van der Waals surface area contributed by atoms with Crippen molar-refractivity contribution in [3.63, 3.8) is 0 Å². The molecule has 1 aromatic carbocycles. The monoisotopic (exact) mass is 342 g/mol. The molecule has 0 aliphatic rings. The van der Waals surface area contributed by atoms with E-state index in [1.54, 1.807) is 7.05 Å². The van der Waals surface area contributed by atoms with Gasteiger partial charge < -0.3 is 19.4 Å². The van der Waals surface area contributed by atoms with Gasteiger partial charge in [-0.2, -0.15) is 0 Å². The number of nitrogens with one attached hydrogen (secondary N) is 1. The fourth-order valence-electron chi connectivity index (χ4n) is 1.92. The molecule has 9 heteroatoms. The number of ether oxygens (including phenoxy) is 2. The van der Waals surface area contributed by atoms with Crippen LogP contribution in [-0.2, 0) is 7.05 Å². The second-order valence-electron chi connectivity index (χ2n) is 4.73. The maximum absolute atomic E-state index is 12.2. The van der Waals surface area contributed by atoms with Crippen LogP contribution < -0.4 is 20.2 Å². The van der Waals surface area contributed by atoms with Crippen molar-refractivity contribution in [2.45, 2.75) is 6.36 Å². The SMILES string of the molecule is COc1cn(C)c(C(=O)Nc2ccc(OC(F)(F)F)cc2)cc1=O. The predicted octanol–water partition coefficient (Wildman–Crippen LogP) is 2.54. The third-order valence-corrected chi connectivity index (χ3v) is 3.00. The second kappa shape index (κ2) is 6.65. The van der Waals surface area contributed by atoms with Crippen LogP contribution in [0.3, 0.4) is 0 Å². The van der Waals surface area contributed by atoms with Crippen molar-refractivity contribution in [2.24, 2.45) is 7.05 Å². The summed E-state index contributed by atoms with van der Waals surface area (Å²) in [4.78, 5) is 23.9. The number of methoxy groups -OCH3 is 1. The fraction of sp³-hybridized carbons (Fsp3) is 0.200. The summed E-state index contributed by atoms with van der Waals surface area (Å²) in [6.07, 6.45) is -3.43. The lowest BCUT2D eigenvalue weighted by Gasteiger charge is -2.12. The van der Waals surface area contributed by atoms with Gasteiger partial charge in [-0.15, -0.1) is 13.2 Å². The van der Waals surface area contributed by atoms with E-state index in [9.17, 15) is 22.8 Å². The normalized spacial score (nSPS) is 11.0. The number of hydrogen-bond acceptors (Lipinski definition) is 4. The van der Waals surface area contributed by atoms with Crippen molar-refractivity contribution >= 4 is 11.6 Å². The van der Waals surface area contributed by atoms with Crippen LogP contribution in [0.25, 0.3) is 0 Å². The zero-order valence-corrected chi connectivity index (χ0v) is 12.7. The molecule has 0 aliphatic carbocycles. The van der Waals surface area contributed by atoms with E-state index in [1.165, 1.54) is 30.0 Å². The van der Waals surface area contributed by atoms with Crippen molar-refractivity contribution in [3.8, 4) is 11.5 Å². The van der Waals surface area contributed by atoms with E-state index in [2.05, 4.69) is 10.1 Å². The van der Waals surface area contributed by atoms with E-state index < -0.39 is 23.4 Å². The molecule has 1 heterocycles. The molecule has 1 N–H and O–H groups in total. The van der Waals surface area contributed by atoms with Gasteiger partial charge in [-0.1, -0.05) is 0 Å². The number of carbonyl (C=O) groups is 1. The van der Waals surface area contributed by atoms with E-state index in [0.29, 0.717) is 0 Å². The standard InChI is InChI=1S/C15H13F3N2O4/c1-20-8-13(23-2)12(21)7-11(20)14(22)19-9-3-5-10(6-4-9)24-15(16,17)18/h3-8H,1-2H3,(H,19,22). The molecule has 6 nitrogen and oxygen atoms in total. The third-order valence-electron chi connectivity index (χ3n) is 3.00. The van der Waals surface area contributed by atoms with Crippen molar-refractivity contribution in [3.05, 3.63) is 52.4 Å². The van der Waals surface area contributed by atoms with Gasteiger partial charge in [-0.3, -0.25) is 9.59 Å². The highest BCUT2D eigenvalue weighted by atomic mass is 19.4. The van der Waals surface area contributed by atoms with Crippen LogP contribution in [0.1, 0.15) is 10.5 Å². The van der Waals surface area contributed by atoms with Gasteiger partial charge in [0.15, 0.2) is 5.75 Å². The first-order valence-corrected chi connectivity index (χ1v) is 6.61. The molecule has 1 amide bonds. The van der Waals surface area contributed by atoms with Crippen LogP contribution in [0, 0.1) is 0 Å². The molecule has 0 bridgehead atoms. The number of anilines is 1. The molecule has 0 unspecified atom stereocenters. The minimum atomic E-state index is -4.79. The van der Waals surface area contributed by atoms with Crippen LogP contribution in [0.2, 0.25) is 0 Å². The zero-order chi connectivity index (χ0) is 17.9. The number of pyridine rings is 1. The highest BCUT2D eigenvalue weighted by molar-refractivity contribution is 6.03. The highest BCUT2D eigenvalue weighted by Crippen LogP contribution is 2.24. The summed E-state index contributed by atoms with van der Waals surface area (Å²) < 4.78 is 46.2. The minimum absolute atomic E-state index is 0.0661. The molecule has 128 valence electrons. The quantitative estimate of drug-likeness (QED) is 0.927. The van der Waals surface area contributed by atoms with Crippen molar-refractivity contribution in [1.82, 2.24) is 4.57 Å². The number of halogens is 3. The Balaban J connectivity index is 2.15. The molecule has 0 spiro atoms. The van der Waals surface area contributed by atoms with Gasteiger partial charge in [0.1, 0.15) is 11.4 Å². The number of alkyl halides is 3. The van der Waals surface area contributed by atoms with E-state index in [4.69, 9.17) is 4.74 Å². The Morgan fingerprint density at radius 2 is 1.83 bits per heavy atom. The number of benzene rings is 1. The number of amides is 1. The van der Waals surface area contributed by atoms with Crippen molar-refractivity contribution in [2.75, 3.05) is 12.4 Å². The topological polar surface area (TPSA) is 69.6 Å². The molecule has 0 aliphatic heterocycles. The number of hydrogen-bond donors (Lipinski definition) is 1. The summed E-state index contributed by atoms with van der Waals surface area (Å²) in [5.74, 6) is -0.915. The molecule has 0 saturated heterocycles. The van der Waals surface area contributed by atoms with E-state index in [-0.39, 0.29) is 17.1 Å². The largest absolute Gasteiger partial charge is 0.573 e. The van der Waals surface area contributed by atoms with E-state index in [1.807, 2.05) is 0 Å². The molecular formula is C15H13F3N2O4. The molecule has 1 aromatic heterocycles. The van der Waals surface area contributed by atoms with Gasteiger partial charge in [0, 0.05) is 18.8 Å². The average Bonchev–Trinajstić information content (AvgIpc) is 2.49. The van der Waals surface area contributed by atoms with Gasteiger partial charge in [0.25, 0.3) is 5.91 Å². The van der Waals surface area contributed by atoms with Crippen LogP contribution in [0.15, 0.2) is 41.3 Å². The number of rotatable bonds is 4. The summed E-state index contributed by atoms with van der Waals surface area (Å²) in [5.41, 5.74) is -0.149. The Kier molecular flexibility index (Phi) is 4.82. The minimum Gasteiger partial charge on any atom is -0.491 e. The Labute approximate surface area is 134 Å². The summed E-state index contributed by atoms with van der Waals surface area (Å²) >= 11 is 0. The first-order valence-electron chi connectivity index (χ1n) is 6.61. The van der Waals surface area contributed by atoms with Crippen molar-refractivity contribution in [1.29, 1.82) is 0 Å². The molecule has 2 rings (SSSR count). The van der Waals surface area contributed by atoms with Gasteiger partial charge in [-0.05, 0) is 24.3 Å². The maximum atomic E-state index is 12.2. The molecule has 2 aromatic rings. The van der Waals surface area contributed by atoms with Gasteiger partial charge >= 0.3 is 6.36 Å². The van der Waals surface area contributed by atoms with E-state index in [0.717, 1.165) is 18.2 Å². The smallest absolute Gasteiger partial charge is 0.491 e. The summed E-state index contributed by atoms with van der Waals surface area (Å²) in [7, 11) is 2.89. The Morgan fingerprint density at radius 1 is 1.21 bits per heavy atom. The Morgan fingerprint density at radius 3 is 2.38 bits per heavy atom. The summed E-state index contributed by atoms with van der Waals surface area (Å²) in [5, 5.41) is 2.48. The van der Waals surface area contributed by atoms with Crippen LogP contribution in [0.4, 0.5) is 18.9 Å². The average molecular weight is 342 g/mol. The molecule has 0 fully saturated rings. The van der Waals surface area contributed by atoms with Gasteiger partial charge in [-0.25, -0.2) is 0 Å². The molecule has 0 saturated carbocycles.